The van der Waals surface area contributed by atoms with E-state index in [2.05, 4.69) is 45.5 Å². The molecular formula is C19H30N4O. The third-order valence-corrected chi connectivity index (χ3v) is 4.98. The molecule has 0 bridgehead atoms. The largest absolute Gasteiger partial charge is 0.376 e. The van der Waals surface area contributed by atoms with E-state index in [9.17, 15) is 0 Å². The highest BCUT2D eigenvalue weighted by Crippen LogP contribution is 2.20. The Bertz CT molecular complexity index is 513. The first-order valence-corrected chi connectivity index (χ1v) is 9.24. The van der Waals surface area contributed by atoms with E-state index >= 15 is 0 Å². The number of piperidine rings is 1. The van der Waals surface area contributed by atoms with Gasteiger partial charge in [0.2, 0.25) is 0 Å². The molecule has 2 aliphatic rings. The zero-order valence-corrected chi connectivity index (χ0v) is 14.5. The molecule has 2 heterocycles. The second-order valence-corrected chi connectivity index (χ2v) is 6.85. The Balaban J connectivity index is 1.48. The molecule has 0 radical (unpaired) electrons. The van der Waals surface area contributed by atoms with Crippen LogP contribution in [0.2, 0.25) is 0 Å². The molecule has 2 fully saturated rings. The summed E-state index contributed by atoms with van der Waals surface area (Å²) in [6.45, 7) is 4.58. The summed E-state index contributed by atoms with van der Waals surface area (Å²) in [5.41, 5.74) is 7.40. The number of guanidine groups is 1. The second-order valence-electron chi connectivity index (χ2n) is 6.85. The minimum Gasteiger partial charge on any atom is -0.376 e. The summed E-state index contributed by atoms with van der Waals surface area (Å²) in [4.78, 5) is 7.14. The maximum atomic E-state index is 6.03. The number of benzene rings is 1. The van der Waals surface area contributed by atoms with Crippen LogP contribution in [0.25, 0.3) is 0 Å². The maximum absolute atomic E-state index is 6.03. The quantitative estimate of drug-likeness (QED) is 0.619. The van der Waals surface area contributed by atoms with Crippen molar-refractivity contribution in [2.75, 3.05) is 26.2 Å². The Kier molecular flexibility index (Phi) is 6.49. The fraction of sp³-hybridized carbons (Fsp3) is 0.632. The first-order valence-electron chi connectivity index (χ1n) is 9.24. The van der Waals surface area contributed by atoms with E-state index in [4.69, 9.17) is 10.5 Å². The van der Waals surface area contributed by atoms with Crippen molar-refractivity contribution in [3.05, 3.63) is 35.9 Å². The van der Waals surface area contributed by atoms with Crippen molar-refractivity contribution in [2.45, 2.75) is 50.8 Å². The molecule has 0 aromatic heterocycles. The first-order chi connectivity index (χ1) is 11.8. The van der Waals surface area contributed by atoms with Gasteiger partial charge >= 0.3 is 0 Å². The molecule has 2 saturated heterocycles. The standard InChI is InChI=1S/C19H30N4O/c20-19(22-14-18-10-6-12-24-18)21-13-17-9-4-5-11-23(17)15-16-7-2-1-3-8-16/h1-3,7-8,17-18H,4-6,9-15H2,(H3,20,21,22). The Labute approximate surface area is 145 Å². The molecule has 1 aromatic carbocycles. The van der Waals surface area contributed by atoms with E-state index in [1.807, 2.05) is 0 Å². The van der Waals surface area contributed by atoms with Gasteiger partial charge in [0.05, 0.1) is 12.6 Å². The molecule has 0 spiro atoms. The molecule has 0 amide bonds. The van der Waals surface area contributed by atoms with Crippen molar-refractivity contribution < 1.29 is 4.74 Å². The van der Waals surface area contributed by atoms with Crippen molar-refractivity contribution in [3.8, 4) is 0 Å². The second kappa shape index (κ2) is 9.04. The molecule has 132 valence electrons. The van der Waals surface area contributed by atoms with Crippen LogP contribution >= 0.6 is 0 Å². The van der Waals surface area contributed by atoms with E-state index in [1.165, 1.54) is 24.8 Å². The van der Waals surface area contributed by atoms with Crippen molar-refractivity contribution in [1.82, 2.24) is 10.2 Å². The van der Waals surface area contributed by atoms with Crippen molar-refractivity contribution in [2.24, 2.45) is 10.7 Å². The molecule has 24 heavy (non-hydrogen) atoms. The summed E-state index contributed by atoms with van der Waals surface area (Å²) in [7, 11) is 0. The number of likely N-dealkylation sites (tertiary alicyclic amines) is 1. The first kappa shape index (κ1) is 17.2. The van der Waals surface area contributed by atoms with Crippen molar-refractivity contribution in [3.63, 3.8) is 0 Å². The van der Waals surface area contributed by atoms with Crippen LogP contribution in [0, 0.1) is 0 Å². The summed E-state index contributed by atoms with van der Waals surface area (Å²) in [6.07, 6.45) is 6.33. The van der Waals surface area contributed by atoms with Crippen LogP contribution in [0.1, 0.15) is 37.7 Å². The molecule has 2 atom stereocenters. The Morgan fingerprint density at radius 2 is 2.08 bits per heavy atom. The monoisotopic (exact) mass is 330 g/mol. The van der Waals surface area contributed by atoms with E-state index in [1.54, 1.807) is 0 Å². The van der Waals surface area contributed by atoms with Gasteiger partial charge in [-0.15, -0.1) is 0 Å². The molecule has 5 nitrogen and oxygen atoms in total. The molecule has 5 heteroatoms. The summed E-state index contributed by atoms with van der Waals surface area (Å²) in [6, 6.07) is 11.2. The predicted molar refractivity (Wildman–Crippen MR) is 98.0 cm³/mol. The highest BCUT2D eigenvalue weighted by Gasteiger charge is 2.22. The Hall–Kier alpha value is -1.59. The maximum Gasteiger partial charge on any atom is 0.188 e. The normalized spacial score (nSPS) is 25.8. The highest BCUT2D eigenvalue weighted by atomic mass is 16.5. The van der Waals surface area contributed by atoms with Gasteiger partial charge in [0.25, 0.3) is 0 Å². The third-order valence-electron chi connectivity index (χ3n) is 4.98. The van der Waals surface area contributed by atoms with Gasteiger partial charge in [-0.1, -0.05) is 36.8 Å². The topological polar surface area (TPSA) is 62.9 Å². The van der Waals surface area contributed by atoms with Crippen LogP contribution in [-0.2, 0) is 11.3 Å². The fourth-order valence-electron chi connectivity index (χ4n) is 3.58. The molecule has 0 saturated carbocycles. The Morgan fingerprint density at radius 1 is 1.21 bits per heavy atom. The number of hydrogen-bond donors (Lipinski definition) is 2. The van der Waals surface area contributed by atoms with Crippen LogP contribution in [-0.4, -0.2) is 49.2 Å². The van der Waals surface area contributed by atoms with Crippen LogP contribution in [0.4, 0.5) is 0 Å². The van der Waals surface area contributed by atoms with Crippen LogP contribution < -0.4 is 11.1 Å². The average Bonchev–Trinajstić information content (AvgIpc) is 3.14. The lowest BCUT2D eigenvalue weighted by atomic mass is 10.0. The minimum atomic E-state index is 0.294. The van der Waals surface area contributed by atoms with Gasteiger partial charge in [0, 0.05) is 25.7 Å². The fourth-order valence-corrected chi connectivity index (χ4v) is 3.58. The molecule has 2 aliphatic heterocycles. The molecule has 3 N–H and O–H groups in total. The van der Waals surface area contributed by atoms with Gasteiger partial charge in [-0.3, -0.25) is 9.89 Å². The number of aliphatic imine (C=N–C) groups is 1. The van der Waals surface area contributed by atoms with Crippen LogP contribution in [0.3, 0.4) is 0 Å². The zero-order chi connectivity index (χ0) is 16.6. The summed E-state index contributed by atoms with van der Waals surface area (Å²) < 4.78 is 5.60. The molecule has 1 aromatic rings. The zero-order valence-electron chi connectivity index (χ0n) is 14.5. The molecular weight excluding hydrogens is 300 g/mol. The van der Waals surface area contributed by atoms with Crippen molar-refractivity contribution >= 4 is 5.96 Å². The van der Waals surface area contributed by atoms with E-state index in [0.717, 1.165) is 45.6 Å². The van der Waals surface area contributed by atoms with Crippen LogP contribution in [0.5, 0.6) is 0 Å². The van der Waals surface area contributed by atoms with Gasteiger partial charge in [-0.2, -0.15) is 0 Å². The summed E-state index contributed by atoms with van der Waals surface area (Å²) in [5.74, 6) is 0.552. The third kappa shape index (κ3) is 5.21. The minimum absolute atomic E-state index is 0.294. The molecule has 0 aliphatic carbocycles. The summed E-state index contributed by atoms with van der Waals surface area (Å²) >= 11 is 0. The number of ether oxygens (including phenoxy) is 1. The lowest BCUT2D eigenvalue weighted by Crippen LogP contribution is -2.42. The lowest BCUT2D eigenvalue weighted by Gasteiger charge is -2.35. The average molecular weight is 330 g/mol. The Morgan fingerprint density at radius 3 is 2.88 bits per heavy atom. The van der Waals surface area contributed by atoms with E-state index < -0.39 is 0 Å². The predicted octanol–water partition coefficient (Wildman–Crippen LogP) is 2.12. The van der Waals surface area contributed by atoms with E-state index in [0.29, 0.717) is 18.1 Å². The van der Waals surface area contributed by atoms with Gasteiger partial charge in [0.15, 0.2) is 5.96 Å². The number of nitrogens with one attached hydrogen (secondary N) is 1. The number of nitrogens with two attached hydrogens (primary N) is 1. The highest BCUT2D eigenvalue weighted by molar-refractivity contribution is 5.77. The van der Waals surface area contributed by atoms with Gasteiger partial charge < -0.3 is 15.8 Å². The van der Waals surface area contributed by atoms with Crippen LogP contribution in [0.15, 0.2) is 35.3 Å². The summed E-state index contributed by atoms with van der Waals surface area (Å²) in [5, 5.41) is 3.21. The smallest absolute Gasteiger partial charge is 0.188 e. The SMILES string of the molecule is NC(=NCC1CCCCN1Cc1ccccc1)NCC1CCCO1. The number of rotatable bonds is 6. The lowest BCUT2D eigenvalue weighted by molar-refractivity contribution is 0.114. The number of hydrogen-bond acceptors (Lipinski definition) is 3. The van der Waals surface area contributed by atoms with Gasteiger partial charge in [0.1, 0.15) is 0 Å². The van der Waals surface area contributed by atoms with Crippen molar-refractivity contribution in [1.29, 1.82) is 0 Å². The number of nitrogens with zero attached hydrogens (tertiary/aromatic N) is 2. The van der Waals surface area contributed by atoms with Gasteiger partial charge in [-0.25, -0.2) is 0 Å². The van der Waals surface area contributed by atoms with Gasteiger partial charge in [-0.05, 0) is 37.8 Å². The molecule has 2 unspecified atom stereocenters. The molecule has 3 rings (SSSR count). The van der Waals surface area contributed by atoms with E-state index in [-0.39, 0.29) is 0 Å².